The van der Waals surface area contributed by atoms with Crippen molar-refractivity contribution in [2.75, 3.05) is 0 Å². The molecular weight excluding hydrogens is 165 g/mol. The van der Waals surface area contributed by atoms with Crippen molar-refractivity contribution in [3.05, 3.63) is 41.6 Å². The molecule has 0 fully saturated rings. The molecule has 1 aromatic rings. The first kappa shape index (κ1) is 9.70. The van der Waals surface area contributed by atoms with E-state index < -0.39 is 7.12 Å². The Labute approximate surface area is 76.5 Å². The first-order chi connectivity index (χ1) is 6.16. The second-order valence-electron chi connectivity index (χ2n) is 2.54. The van der Waals surface area contributed by atoms with Crippen molar-refractivity contribution in [2.24, 2.45) is 0 Å². The molecule has 0 aliphatic carbocycles. The normalized spacial score (nSPS) is 12.2. The summed E-state index contributed by atoms with van der Waals surface area (Å²) >= 11 is 0. The maximum atomic E-state index is 8.97. The molecule has 0 unspecified atom stereocenters. The summed E-state index contributed by atoms with van der Waals surface area (Å²) in [6, 6.07) is 3.48. The number of aromatic nitrogens is 1. The Morgan fingerprint density at radius 1 is 1.54 bits per heavy atom. The van der Waals surface area contributed by atoms with Crippen LogP contribution in [0.3, 0.4) is 0 Å². The Morgan fingerprint density at radius 2 is 2.23 bits per heavy atom. The van der Waals surface area contributed by atoms with Crippen LogP contribution in [0.1, 0.15) is 0 Å². The summed E-state index contributed by atoms with van der Waals surface area (Å²) in [7, 11) is -1.56. The van der Waals surface area contributed by atoms with Gasteiger partial charge in [-0.2, -0.15) is 0 Å². The van der Waals surface area contributed by atoms with E-state index in [-0.39, 0.29) is 5.47 Å². The number of hydrogen-bond donors (Lipinski definition) is 2. The Kier molecular flexibility index (Phi) is 3.00. The van der Waals surface area contributed by atoms with Crippen LogP contribution >= 0.6 is 0 Å². The molecule has 0 saturated heterocycles. The van der Waals surface area contributed by atoms with Gasteiger partial charge in [-0.05, 0) is 11.3 Å². The Bertz CT molecular complexity index is 414. The zero-order chi connectivity index (χ0) is 9.84. The van der Waals surface area contributed by atoms with Gasteiger partial charge in [0.2, 0.25) is 0 Å². The molecule has 0 saturated carbocycles. The molecule has 13 heavy (non-hydrogen) atoms. The highest BCUT2D eigenvalue weighted by atomic mass is 16.4. The number of allylic oxidation sites excluding steroid dienone is 1. The quantitative estimate of drug-likeness (QED) is 0.557. The molecule has 1 heterocycles. The molecule has 0 amide bonds. The number of hydrogen-bond acceptors (Lipinski definition) is 3. The van der Waals surface area contributed by atoms with Crippen molar-refractivity contribution in [1.29, 1.82) is 0 Å². The fourth-order valence-corrected chi connectivity index (χ4v) is 1.02. The minimum Gasteiger partial charge on any atom is -0.423 e. The SMILES string of the molecule is C=C/C(B(O)O)=c1/ncccc1=C. The van der Waals surface area contributed by atoms with Gasteiger partial charge in [-0.15, -0.1) is 0 Å². The maximum Gasteiger partial charge on any atom is 0.490 e. The van der Waals surface area contributed by atoms with E-state index in [4.69, 9.17) is 10.0 Å². The van der Waals surface area contributed by atoms with Gasteiger partial charge in [0, 0.05) is 11.7 Å². The minimum absolute atomic E-state index is 0.269. The largest absolute Gasteiger partial charge is 0.490 e. The topological polar surface area (TPSA) is 53.4 Å². The second kappa shape index (κ2) is 4.02. The average Bonchev–Trinajstić information content (AvgIpc) is 2.09. The standard InChI is InChI=1S/C9H10BNO2/c1-3-8(10(12)13)9-7(2)5-4-6-11-9/h3-6,12-13H,1-2H2/b9-8-. The van der Waals surface area contributed by atoms with E-state index in [2.05, 4.69) is 18.1 Å². The predicted octanol–water partition coefficient (Wildman–Crippen LogP) is -1.16. The molecule has 0 aliphatic heterocycles. The summed E-state index contributed by atoms with van der Waals surface area (Å²) in [5, 5.41) is 19.0. The number of nitrogens with zero attached hydrogens (tertiary/aromatic N) is 1. The zero-order valence-electron chi connectivity index (χ0n) is 7.14. The lowest BCUT2D eigenvalue weighted by Crippen LogP contribution is -2.33. The van der Waals surface area contributed by atoms with Crippen molar-refractivity contribution >= 4 is 19.2 Å². The predicted molar refractivity (Wildman–Crippen MR) is 52.8 cm³/mol. The Hall–Kier alpha value is -1.39. The highest BCUT2D eigenvalue weighted by Crippen LogP contribution is 1.92. The Balaban J connectivity index is 3.55. The van der Waals surface area contributed by atoms with Crippen molar-refractivity contribution in [3.63, 3.8) is 0 Å². The summed E-state index contributed by atoms with van der Waals surface area (Å²) in [5.74, 6) is 0. The molecule has 0 atom stereocenters. The molecule has 0 aliphatic rings. The van der Waals surface area contributed by atoms with Gasteiger partial charge in [0.25, 0.3) is 0 Å². The highest BCUT2D eigenvalue weighted by molar-refractivity contribution is 6.64. The van der Waals surface area contributed by atoms with Crippen LogP contribution in [0.4, 0.5) is 0 Å². The molecule has 66 valence electrons. The highest BCUT2D eigenvalue weighted by Gasteiger charge is 2.12. The lowest BCUT2D eigenvalue weighted by Gasteiger charge is -1.98. The molecular formula is C9H10BNO2. The van der Waals surface area contributed by atoms with Gasteiger partial charge in [-0.3, -0.25) is 4.98 Å². The van der Waals surface area contributed by atoms with Gasteiger partial charge >= 0.3 is 7.12 Å². The third-order valence-electron chi connectivity index (χ3n) is 1.66. The Morgan fingerprint density at radius 3 is 2.69 bits per heavy atom. The maximum absolute atomic E-state index is 8.97. The molecule has 0 radical (unpaired) electrons. The first-order valence-electron chi connectivity index (χ1n) is 3.79. The van der Waals surface area contributed by atoms with Gasteiger partial charge in [0.05, 0.1) is 5.35 Å². The molecule has 0 aromatic carbocycles. The minimum atomic E-state index is -1.56. The summed E-state index contributed by atoms with van der Waals surface area (Å²) < 4.78 is 0. The van der Waals surface area contributed by atoms with E-state index in [9.17, 15) is 0 Å². The van der Waals surface area contributed by atoms with Crippen molar-refractivity contribution < 1.29 is 10.0 Å². The van der Waals surface area contributed by atoms with Crippen LogP contribution in [0.25, 0.3) is 12.1 Å². The third kappa shape index (κ3) is 2.05. The van der Waals surface area contributed by atoms with Gasteiger partial charge in [0.1, 0.15) is 0 Å². The van der Waals surface area contributed by atoms with Gasteiger partial charge in [0.15, 0.2) is 0 Å². The van der Waals surface area contributed by atoms with E-state index in [0.717, 1.165) is 0 Å². The summed E-state index contributed by atoms with van der Waals surface area (Å²) in [6.07, 6.45) is 2.93. The van der Waals surface area contributed by atoms with Crippen LogP contribution in [-0.4, -0.2) is 22.2 Å². The summed E-state index contributed by atoms with van der Waals surface area (Å²) in [4.78, 5) is 3.98. The molecule has 0 spiro atoms. The van der Waals surface area contributed by atoms with E-state index in [1.54, 1.807) is 18.3 Å². The molecule has 4 heteroatoms. The van der Waals surface area contributed by atoms with Gasteiger partial charge in [-0.25, -0.2) is 0 Å². The molecule has 2 N–H and O–H groups in total. The fourth-order valence-electron chi connectivity index (χ4n) is 1.02. The second-order valence-corrected chi connectivity index (χ2v) is 2.54. The van der Waals surface area contributed by atoms with E-state index >= 15 is 0 Å². The van der Waals surface area contributed by atoms with Crippen molar-refractivity contribution in [2.45, 2.75) is 0 Å². The van der Waals surface area contributed by atoms with Crippen LogP contribution in [0.2, 0.25) is 0 Å². The molecule has 0 bridgehead atoms. The van der Waals surface area contributed by atoms with E-state index in [1.807, 2.05) is 0 Å². The lowest BCUT2D eigenvalue weighted by molar-refractivity contribution is 0.427. The number of rotatable bonds is 2. The zero-order valence-corrected chi connectivity index (χ0v) is 7.14. The summed E-state index contributed by atoms with van der Waals surface area (Å²) in [5.41, 5.74) is 0.269. The fraction of sp³-hybridized carbons (Fsp3) is 0. The van der Waals surface area contributed by atoms with Gasteiger partial charge in [-0.1, -0.05) is 25.3 Å². The summed E-state index contributed by atoms with van der Waals surface area (Å²) in [6.45, 7) is 7.19. The number of pyridine rings is 1. The lowest BCUT2D eigenvalue weighted by atomic mass is 9.79. The molecule has 1 aromatic heterocycles. The van der Waals surface area contributed by atoms with Crippen LogP contribution < -0.4 is 10.6 Å². The van der Waals surface area contributed by atoms with Crippen molar-refractivity contribution in [3.8, 4) is 0 Å². The average molecular weight is 175 g/mol. The van der Waals surface area contributed by atoms with Crippen LogP contribution in [0, 0.1) is 0 Å². The first-order valence-corrected chi connectivity index (χ1v) is 3.79. The van der Waals surface area contributed by atoms with Crippen LogP contribution in [0.15, 0.2) is 31.0 Å². The molecule has 1 rings (SSSR count). The van der Waals surface area contributed by atoms with E-state index in [0.29, 0.717) is 10.6 Å². The third-order valence-corrected chi connectivity index (χ3v) is 1.66. The van der Waals surface area contributed by atoms with Crippen LogP contribution in [-0.2, 0) is 0 Å². The monoisotopic (exact) mass is 175 g/mol. The van der Waals surface area contributed by atoms with E-state index in [1.165, 1.54) is 6.08 Å². The van der Waals surface area contributed by atoms with Gasteiger partial charge < -0.3 is 10.0 Å². The van der Waals surface area contributed by atoms with Crippen molar-refractivity contribution in [1.82, 2.24) is 4.98 Å². The smallest absolute Gasteiger partial charge is 0.423 e. The van der Waals surface area contributed by atoms with Crippen LogP contribution in [0.5, 0.6) is 0 Å². The molecule has 3 nitrogen and oxygen atoms in total.